The number of rotatable bonds is 9. The summed E-state index contributed by atoms with van der Waals surface area (Å²) >= 11 is 5.38. The van der Waals surface area contributed by atoms with Gasteiger partial charge < -0.3 is 15.7 Å². The van der Waals surface area contributed by atoms with E-state index in [1.54, 1.807) is 0 Å². The Kier molecular flexibility index (Phi) is 5.17. The Morgan fingerprint density at radius 2 is 2.15 bits per heavy atom. The number of hydrogen-bond acceptors (Lipinski definition) is 5. The van der Waals surface area contributed by atoms with E-state index >= 15 is 0 Å². The summed E-state index contributed by atoms with van der Waals surface area (Å²) < 4.78 is 72.9. The molecule has 0 aromatic heterocycles. The molecule has 2 atom stereocenters. The van der Waals surface area contributed by atoms with E-state index in [0.29, 0.717) is 11.8 Å². The van der Waals surface area contributed by atoms with Crippen LogP contribution < -0.4 is 10.6 Å². The van der Waals surface area contributed by atoms with Gasteiger partial charge in [-0.1, -0.05) is 24.0 Å². The first-order valence-electron chi connectivity index (χ1n) is 9.09. The summed E-state index contributed by atoms with van der Waals surface area (Å²) in [7, 11) is -2.48. The fourth-order valence-electron chi connectivity index (χ4n) is 0.826. The smallest absolute Gasteiger partial charge is 0.327 e. The predicted molar refractivity (Wildman–Crippen MR) is 86.5 cm³/mol. The second-order valence-corrected chi connectivity index (χ2v) is 6.06. The van der Waals surface area contributed by atoms with Crippen LogP contribution in [0.4, 0.5) is 0 Å². The molecule has 116 valence electrons. The molecule has 0 aromatic carbocycles. The number of carboxylic acids is 1. The van der Waals surface area contributed by atoms with Crippen molar-refractivity contribution in [2.24, 2.45) is 0 Å². The number of aliphatic carboxylic acids is 1. The van der Waals surface area contributed by atoms with Gasteiger partial charge in [0.25, 0.3) is 0 Å². The second-order valence-electron chi connectivity index (χ2n) is 3.25. The van der Waals surface area contributed by atoms with Gasteiger partial charge in [-0.25, -0.2) is 4.79 Å². The fraction of sp³-hybridized carbons (Fsp3) is 0.727. The summed E-state index contributed by atoms with van der Waals surface area (Å²) in [6.07, 6.45) is -6.24. The van der Waals surface area contributed by atoms with Gasteiger partial charge in [-0.2, -0.15) is 0 Å². The van der Waals surface area contributed by atoms with Crippen LogP contribution in [0, 0.1) is 0 Å². The molecule has 0 heterocycles. The van der Waals surface area contributed by atoms with E-state index in [9.17, 15) is 13.8 Å². The van der Waals surface area contributed by atoms with Gasteiger partial charge in [0.15, 0.2) is 0 Å². The minimum absolute atomic E-state index is 0.327. The Morgan fingerprint density at radius 1 is 1.50 bits per heavy atom. The maximum absolute atomic E-state index is 11.5. The summed E-state index contributed by atoms with van der Waals surface area (Å²) in [5, 5.41) is 13.0. The van der Waals surface area contributed by atoms with Gasteiger partial charge >= 0.3 is 5.97 Å². The molecule has 0 aliphatic rings. The number of carboxylic acid groups (broad SMARTS) is 1. The van der Waals surface area contributed by atoms with Gasteiger partial charge in [0.2, 0.25) is 5.91 Å². The van der Waals surface area contributed by atoms with Crippen molar-refractivity contribution in [3.8, 4) is 0 Å². The van der Waals surface area contributed by atoms with Crippen LogP contribution in [-0.4, -0.2) is 55.8 Å². The predicted octanol–water partition coefficient (Wildman–Crippen LogP) is 0.342. The number of thioether (sulfide) groups is 1. The number of hydrogen-bond donors (Lipinski definition) is 3. The fourth-order valence-corrected chi connectivity index (χ4v) is 1.94. The average molecular weight is 349 g/mol. The van der Waals surface area contributed by atoms with E-state index in [-0.39, 0.29) is 5.75 Å². The van der Waals surface area contributed by atoms with Crippen molar-refractivity contribution >= 4 is 51.0 Å². The highest BCUT2D eigenvalue weighted by Crippen LogP contribution is 2.05. The summed E-state index contributed by atoms with van der Waals surface area (Å²) in [4.78, 5) is 22.0. The molecule has 0 spiro atoms. The number of carbonyl (C=O) groups is 2. The van der Waals surface area contributed by atoms with E-state index in [1.165, 1.54) is 0 Å². The molecule has 1 unspecified atom stereocenters. The molecule has 20 heavy (non-hydrogen) atoms. The zero-order valence-corrected chi connectivity index (χ0v) is 13.1. The molecule has 0 bridgehead atoms. The van der Waals surface area contributed by atoms with Crippen molar-refractivity contribution in [3.63, 3.8) is 0 Å². The van der Waals surface area contributed by atoms with Gasteiger partial charge in [-0.05, 0) is 12.7 Å². The van der Waals surface area contributed by atoms with Gasteiger partial charge in [-0.3, -0.25) is 9.00 Å². The Labute approximate surface area is 142 Å². The highest BCUT2D eigenvalue weighted by molar-refractivity contribution is 8.23. The van der Waals surface area contributed by atoms with E-state index in [1.807, 2.05) is 5.32 Å². The van der Waals surface area contributed by atoms with E-state index in [0.717, 1.165) is 13.2 Å². The normalized spacial score (nSPS) is 22.1. The standard InChI is InChI=1S/C11H20N2O4S3/c1-8(14)13-9(10(15)16)7-19-11(18)12-5-3-4-6-20(2)17/h9H,3-7H2,1-2H3,(H,12,18)(H,13,14)(H,15,16)/t9-,20?/m0/s1/i3D2,4D2,5D2,6D2. The first kappa shape index (κ1) is 9.37. The van der Waals surface area contributed by atoms with Crippen LogP contribution in [0.5, 0.6) is 0 Å². The van der Waals surface area contributed by atoms with Gasteiger partial charge in [0, 0.05) is 52.9 Å². The number of nitrogens with one attached hydrogen (secondary N) is 2. The molecule has 3 N–H and O–H groups in total. The summed E-state index contributed by atoms with van der Waals surface area (Å²) in [5.41, 5.74) is -3.22. The lowest BCUT2D eigenvalue weighted by Gasteiger charge is -2.13. The van der Waals surface area contributed by atoms with Crippen molar-refractivity contribution in [1.29, 1.82) is 0 Å². The summed E-state index contributed by atoms with van der Waals surface area (Å²) in [6, 6.07) is -1.35. The largest absolute Gasteiger partial charge is 0.480 e. The molecule has 0 radical (unpaired) electrons. The number of carbonyl (C=O) groups excluding carboxylic acids is 1. The highest BCUT2D eigenvalue weighted by Gasteiger charge is 2.18. The minimum atomic E-state index is -3.54. The van der Waals surface area contributed by atoms with Crippen molar-refractivity contribution in [3.05, 3.63) is 0 Å². The third kappa shape index (κ3) is 11.2. The van der Waals surface area contributed by atoms with Gasteiger partial charge in [-0.15, -0.1) is 0 Å². The second kappa shape index (κ2) is 11.0. The number of amides is 1. The van der Waals surface area contributed by atoms with Gasteiger partial charge in [0.1, 0.15) is 10.4 Å². The van der Waals surface area contributed by atoms with E-state index in [2.05, 4.69) is 5.32 Å². The van der Waals surface area contributed by atoms with Crippen molar-refractivity contribution in [2.75, 3.05) is 24.2 Å². The third-order valence-electron chi connectivity index (χ3n) is 1.54. The quantitative estimate of drug-likeness (QED) is 0.517. The monoisotopic (exact) mass is 348 g/mol. The molecule has 1 amide bonds. The Morgan fingerprint density at radius 3 is 2.65 bits per heavy atom. The maximum Gasteiger partial charge on any atom is 0.327 e. The van der Waals surface area contributed by atoms with Crippen LogP contribution in [0.1, 0.15) is 30.6 Å². The Hall–Kier alpha value is -0.670. The third-order valence-corrected chi connectivity index (χ3v) is 3.25. The molecule has 0 aromatic rings. The zero-order valence-electron chi connectivity index (χ0n) is 18.7. The average Bonchev–Trinajstić information content (AvgIpc) is 2.49. The Balaban J connectivity index is 5.39. The van der Waals surface area contributed by atoms with E-state index in [4.69, 9.17) is 28.3 Å². The van der Waals surface area contributed by atoms with Crippen molar-refractivity contribution < 1.29 is 29.9 Å². The van der Waals surface area contributed by atoms with Gasteiger partial charge in [0.05, 0.1) is 0 Å². The van der Waals surface area contributed by atoms with Crippen LogP contribution in [0.3, 0.4) is 0 Å². The molecular formula is C11H20N2O4S3. The molecule has 0 fully saturated rings. The van der Waals surface area contributed by atoms with Crippen LogP contribution >= 0.6 is 24.0 Å². The molecule has 0 saturated carbocycles. The van der Waals surface area contributed by atoms with Crippen LogP contribution in [0.2, 0.25) is 0 Å². The van der Waals surface area contributed by atoms with Crippen molar-refractivity contribution in [2.45, 2.75) is 25.7 Å². The molecule has 9 heteroatoms. The number of thiocarbonyl (C=S) groups is 1. The van der Waals surface area contributed by atoms with Crippen LogP contribution in [0.15, 0.2) is 0 Å². The van der Waals surface area contributed by atoms with Crippen molar-refractivity contribution in [1.82, 2.24) is 10.6 Å². The first-order chi connectivity index (χ1) is 12.3. The minimum Gasteiger partial charge on any atom is -0.480 e. The maximum atomic E-state index is 11.5. The van der Waals surface area contributed by atoms with Crippen LogP contribution in [-0.2, 0) is 20.4 Å². The first-order valence-corrected chi connectivity index (χ1v) is 8.05. The lowest BCUT2D eigenvalue weighted by atomic mass is 10.3. The SMILES string of the molecule is [2H]C([2H])(NC(=S)SC[C@H](NC(C)=O)C(=O)O)C([2H])([2H])C([2H])([2H])C([2H])([2H])S(C)=O. The Bertz CT molecular complexity index is 662. The summed E-state index contributed by atoms with van der Waals surface area (Å²) in [6.45, 7) is -2.15. The highest BCUT2D eigenvalue weighted by atomic mass is 32.2. The molecule has 0 aliphatic carbocycles. The molecule has 6 nitrogen and oxygen atoms in total. The molecule has 0 saturated heterocycles. The van der Waals surface area contributed by atoms with Crippen LogP contribution in [0.25, 0.3) is 0 Å². The van der Waals surface area contributed by atoms with E-state index < -0.39 is 58.0 Å². The zero-order chi connectivity index (χ0) is 22.7. The topological polar surface area (TPSA) is 95.5 Å². The summed E-state index contributed by atoms with van der Waals surface area (Å²) in [5.74, 6) is -2.33. The lowest BCUT2D eigenvalue weighted by molar-refractivity contribution is -0.140. The molecular weight excluding hydrogens is 320 g/mol. The molecule has 0 rings (SSSR count). The lowest BCUT2D eigenvalue weighted by Crippen LogP contribution is -2.42. The molecule has 0 aliphatic heterocycles.